The van der Waals surface area contributed by atoms with E-state index in [0.29, 0.717) is 5.69 Å². The SMILES string of the molecule is Cc1cc2c(C(F)F)cc(Cl)c(F)c2[nH]1. The number of nitrogens with one attached hydrogen (secondary N) is 1. The Bertz CT molecular complexity index is 519. The highest BCUT2D eigenvalue weighted by molar-refractivity contribution is 6.31. The zero-order chi connectivity index (χ0) is 11.2. The maximum absolute atomic E-state index is 13.4. The van der Waals surface area contributed by atoms with Crippen molar-refractivity contribution in [3.63, 3.8) is 0 Å². The summed E-state index contributed by atoms with van der Waals surface area (Å²) in [5.41, 5.74) is 0.407. The number of hydrogen-bond acceptors (Lipinski definition) is 0. The molecule has 0 amide bonds. The molecule has 0 unspecified atom stereocenters. The number of benzene rings is 1. The van der Waals surface area contributed by atoms with Crippen LogP contribution in [0.5, 0.6) is 0 Å². The second-order valence-electron chi connectivity index (χ2n) is 3.30. The molecule has 0 atom stereocenters. The first-order valence-corrected chi connectivity index (χ1v) is 4.64. The predicted molar refractivity (Wildman–Crippen MR) is 53.0 cm³/mol. The highest BCUT2D eigenvalue weighted by Crippen LogP contribution is 2.33. The van der Waals surface area contributed by atoms with Crippen LogP contribution in [-0.4, -0.2) is 4.98 Å². The molecular weight excluding hydrogens is 227 g/mol. The molecule has 1 heterocycles. The van der Waals surface area contributed by atoms with Gasteiger partial charge in [-0.05, 0) is 19.1 Å². The maximum Gasteiger partial charge on any atom is 0.264 e. The predicted octanol–water partition coefficient (Wildman–Crippen LogP) is 4.21. The van der Waals surface area contributed by atoms with Gasteiger partial charge in [0.1, 0.15) is 0 Å². The van der Waals surface area contributed by atoms with Crippen LogP contribution < -0.4 is 0 Å². The monoisotopic (exact) mass is 233 g/mol. The van der Waals surface area contributed by atoms with Gasteiger partial charge in [0.15, 0.2) is 5.82 Å². The number of alkyl halides is 2. The third-order valence-electron chi connectivity index (χ3n) is 2.21. The third kappa shape index (κ3) is 1.59. The van der Waals surface area contributed by atoms with Gasteiger partial charge in [0.2, 0.25) is 0 Å². The van der Waals surface area contributed by atoms with Gasteiger partial charge < -0.3 is 4.98 Å². The molecule has 15 heavy (non-hydrogen) atoms. The van der Waals surface area contributed by atoms with Gasteiger partial charge in [0.05, 0.1) is 10.5 Å². The molecule has 0 aliphatic heterocycles. The lowest BCUT2D eigenvalue weighted by Gasteiger charge is -2.04. The first-order valence-electron chi connectivity index (χ1n) is 4.26. The van der Waals surface area contributed by atoms with Crippen molar-refractivity contribution < 1.29 is 13.2 Å². The van der Waals surface area contributed by atoms with E-state index in [1.165, 1.54) is 6.07 Å². The second kappa shape index (κ2) is 3.45. The summed E-state index contributed by atoms with van der Waals surface area (Å²) in [5, 5.41) is -0.107. The van der Waals surface area contributed by atoms with Crippen LogP contribution in [0.1, 0.15) is 17.7 Å². The minimum absolute atomic E-state index is 0.0373. The van der Waals surface area contributed by atoms with Crippen LogP contribution in [-0.2, 0) is 0 Å². The van der Waals surface area contributed by atoms with Crippen LogP contribution in [0.25, 0.3) is 10.9 Å². The van der Waals surface area contributed by atoms with E-state index in [1.54, 1.807) is 6.92 Å². The quantitative estimate of drug-likeness (QED) is 0.760. The minimum atomic E-state index is -2.67. The summed E-state index contributed by atoms with van der Waals surface area (Å²) >= 11 is 5.52. The molecule has 80 valence electrons. The largest absolute Gasteiger partial charge is 0.356 e. The molecule has 2 rings (SSSR count). The Labute approximate surface area is 88.9 Å². The Balaban J connectivity index is 2.87. The van der Waals surface area contributed by atoms with Crippen molar-refractivity contribution in [1.82, 2.24) is 4.98 Å². The van der Waals surface area contributed by atoms with E-state index < -0.39 is 12.2 Å². The average molecular weight is 234 g/mol. The molecule has 5 heteroatoms. The first kappa shape index (κ1) is 10.4. The van der Waals surface area contributed by atoms with Gasteiger partial charge in [0, 0.05) is 16.6 Å². The number of hydrogen-bond donors (Lipinski definition) is 1. The first-order chi connectivity index (χ1) is 7.00. The molecule has 2 aromatic rings. The Morgan fingerprint density at radius 2 is 2.00 bits per heavy atom. The number of rotatable bonds is 1. The van der Waals surface area contributed by atoms with Crippen LogP contribution in [0.15, 0.2) is 12.1 Å². The smallest absolute Gasteiger partial charge is 0.264 e. The van der Waals surface area contributed by atoms with Gasteiger partial charge in [-0.2, -0.15) is 0 Å². The zero-order valence-corrected chi connectivity index (χ0v) is 8.50. The molecule has 0 aliphatic carbocycles. The fourth-order valence-corrected chi connectivity index (χ4v) is 1.78. The Morgan fingerprint density at radius 3 is 2.60 bits per heavy atom. The molecule has 1 aromatic heterocycles. The van der Waals surface area contributed by atoms with Crippen LogP contribution in [0.2, 0.25) is 5.02 Å². The highest BCUT2D eigenvalue weighted by Gasteiger charge is 2.18. The summed E-state index contributed by atoms with van der Waals surface area (Å²) in [6.07, 6.45) is -2.67. The molecule has 0 fully saturated rings. The van der Waals surface area contributed by atoms with E-state index >= 15 is 0 Å². The van der Waals surface area contributed by atoms with Crippen LogP contribution >= 0.6 is 11.6 Å². The topological polar surface area (TPSA) is 15.8 Å². The maximum atomic E-state index is 13.4. The van der Waals surface area contributed by atoms with E-state index in [4.69, 9.17) is 11.6 Å². The van der Waals surface area contributed by atoms with Crippen LogP contribution in [0, 0.1) is 12.7 Å². The lowest BCUT2D eigenvalue weighted by Crippen LogP contribution is -1.89. The van der Waals surface area contributed by atoms with Crippen molar-refractivity contribution in [3.05, 3.63) is 34.2 Å². The lowest BCUT2D eigenvalue weighted by molar-refractivity contribution is 0.153. The average Bonchev–Trinajstić information content (AvgIpc) is 2.53. The number of fused-ring (bicyclic) bond motifs is 1. The molecule has 0 spiro atoms. The zero-order valence-electron chi connectivity index (χ0n) is 7.74. The van der Waals surface area contributed by atoms with Crippen molar-refractivity contribution in [1.29, 1.82) is 0 Å². The van der Waals surface area contributed by atoms with E-state index in [0.717, 1.165) is 6.07 Å². The summed E-state index contributed by atoms with van der Waals surface area (Å²) in [6, 6.07) is 2.45. The van der Waals surface area contributed by atoms with Crippen LogP contribution in [0.4, 0.5) is 13.2 Å². The summed E-state index contributed by atoms with van der Waals surface area (Å²) in [4.78, 5) is 2.67. The van der Waals surface area contributed by atoms with Gasteiger partial charge in [-0.25, -0.2) is 13.2 Å². The molecule has 0 radical (unpaired) electrons. The Morgan fingerprint density at radius 1 is 1.33 bits per heavy atom. The standard InChI is InChI=1S/C10H7ClF3N/c1-4-2-5-6(10(13)14)3-7(11)8(12)9(5)15-4/h2-3,10,15H,1H3. The highest BCUT2D eigenvalue weighted by atomic mass is 35.5. The number of aromatic amines is 1. The molecular formula is C10H7ClF3N. The van der Waals surface area contributed by atoms with Crippen molar-refractivity contribution in [3.8, 4) is 0 Å². The molecule has 0 bridgehead atoms. The summed E-state index contributed by atoms with van der Waals surface area (Å²) in [5.74, 6) is -0.691. The van der Waals surface area contributed by atoms with E-state index in [9.17, 15) is 13.2 Å². The van der Waals surface area contributed by atoms with Gasteiger partial charge in [-0.15, -0.1) is 0 Å². The number of halogens is 4. The molecule has 1 aromatic carbocycles. The van der Waals surface area contributed by atoms with Gasteiger partial charge in [0.25, 0.3) is 6.43 Å². The fraction of sp³-hybridized carbons (Fsp3) is 0.200. The van der Waals surface area contributed by atoms with Gasteiger partial charge in [-0.3, -0.25) is 0 Å². The summed E-state index contributed by atoms with van der Waals surface area (Å²) in [7, 11) is 0. The number of aryl methyl sites for hydroxylation is 1. The molecule has 0 aliphatic rings. The minimum Gasteiger partial charge on any atom is -0.356 e. The van der Waals surface area contributed by atoms with Gasteiger partial charge in [-0.1, -0.05) is 11.6 Å². The van der Waals surface area contributed by atoms with Gasteiger partial charge >= 0.3 is 0 Å². The molecule has 0 saturated heterocycles. The van der Waals surface area contributed by atoms with Crippen molar-refractivity contribution in [2.24, 2.45) is 0 Å². The Kier molecular flexibility index (Phi) is 2.38. The summed E-state index contributed by atoms with van der Waals surface area (Å²) in [6.45, 7) is 1.67. The lowest BCUT2D eigenvalue weighted by atomic mass is 10.1. The summed E-state index contributed by atoms with van der Waals surface area (Å²) < 4.78 is 38.7. The number of aromatic nitrogens is 1. The molecule has 0 saturated carbocycles. The van der Waals surface area contributed by atoms with Crippen molar-refractivity contribution in [2.45, 2.75) is 13.3 Å². The van der Waals surface area contributed by atoms with Crippen molar-refractivity contribution >= 4 is 22.5 Å². The van der Waals surface area contributed by atoms with E-state index in [-0.39, 0.29) is 21.5 Å². The fourth-order valence-electron chi connectivity index (χ4n) is 1.57. The molecule has 1 N–H and O–H groups in total. The number of H-pyrrole nitrogens is 1. The second-order valence-corrected chi connectivity index (χ2v) is 3.71. The van der Waals surface area contributed by atoms with Crippen LogP contribution in [0.3, 0.4) is 0 Å². The van der Waals surface area contributed by atoms with Crippen molar-refractivity contribution in [2.75, 3.05) is 0 Å². The Hall–Kier alpha value is -1.16. The third-order valence-corrected chi connectivity index (χ3v) is 2.48. The van der Waals surface area contributed by atoms with E-state index in [2.05, 4.69) is 4.98 Å². The normalized spacial score (nSPS) is 11.6. The van der Waals surface area contributed by atoms with E-state index in [1.807, 2.05) is 0 Å². The molecule has 1 nitrogen and oxygen atoms in total.